The van der Waals surface area contributed by atoms with Crippen molar-refractivity contribution >= 4 is 17.0 Å². The van der Waals surface area contributed by atoms with Gasteiger partial charge in [-0.2, -0.15) is 0 Å². The van der Waals surface area contributed by atoms with Crippen LogP contribution in [0.15, 0.2) is 57.6 Å². The lowest BCUT2D eigenvalue weighted by Crippen LogP contribution is -2.21. The van der Waals surface area contributed by atoms with Crippen LogP contribution in [0.4, 0.5) is 5.69 Å². The molecule has 0 amide bonds. The second kappa shape index (κ2) is 4.92. The van der Waals surface area contributed by atoms with Gasteiger partial charge >= 0.3 is 0 Å². The van der Waals surface area contributed by atoms with E-state index in [2.05, 4.69) is 71.9 Å². The van der Waals surface area contributed by atoms with Gasteiger partial charge in [0, 0.05) is 16.6 Å². The van der Waals surface area contributed by atoms with Crippen molar-refractivity contribution in [3.8, 4) is 0 Å². The Morgan fingerprint density at radius 1 is 0.958 bits per heavy atom. The molecule has 0 saturated carbocycles. The lowest BCUT2D eigenvalue weighted by Gasteiger charge is -2.30. The van der Waals surface area contributed by atoms with Gasteiger partial charge in [0.05, 0.1) is 11.4 Å². The predicted octanol–water partition coefficient (Wildman–Crippen LogP) is 6.37. The van der Waals surface area contributed by atoms with Crippen LogP contribution in [0.25, 0.3) is 5.57 Å². The highest BCUT2D eigenvalue weighted by molar-refractivity contribution is 6.39. The van der Waals surface area contributed by atoms with Gasteiger partial charge in [-0.25, -0.2) is 4.99 Å². The van der Waals surface area contributed by atoms with Gasteiger partial charge < -0.3 is 0 Å². The number of allylic oxidation sites excluding steroid dienone is 8. The maximum absolute atomic E-state index is 4.95. The number of benzene rings is 1. The molecule has 2 aliphatic carbocycles. The molecule has 1 heterocycles. The average Bonchev–Trinajstić information content (AvgIpc) is 3.22. The van der Waals surface area contributed by atoms with Gasteiger partial charge in [0.2, 0.25) is 0 Å². The normalized spacial score (nSPS) is 19.1. The van der Waals surface area contributed by atoms with E-state index in [0.29, 0.717) is 0 Å². The molecular formula is C23H25N. The SMILES string of the molecule is CC1=C(C)C(C)=C2C1=Nc1cc(C)c(C(C)(C)C3=CC=CC3)cc12. The van der Waals surface area contributed by atoms with Crippen molar-refractivity contribution in [2.45, 2.75) is 53.4 Å². The summed E-state index contributed by atoms with van der Waals surface area (Å²) in [5.74, 6) is 0. The topological polar surface area (TPSA) is 12.4 Å². The lowest BCUT2D eigenvalue weighted by molar-refractivity contribution is 0.609. The van der Waals surface area contributed by atoms with Crippen molar-refractivity contribution in [3.05, 3.63) is 69.3 Å². The first-order valence-electron chi connectivity index (χ1n) is 8.82. The second-order valence-corrected chi connectivity index (χ2v) is 7.84. The summed E-state index contributed by atoms with van der Waals surface area (Å²) in [7, 11) is 0. The summed E-state index contributed by atoms with van der Waals surface area (Å²) in [6.07, 6.45) is 7.78. The van der Waals surface area contributed by atoms with E-state index in [1.807, 2.05) is 0 Å². The van der Waals surface area contributed by atoms with E-state index in [-0.39, 0.29) is 5.41 Å². The van der Waals surface area contributed by atoms with Gasteiger partial charge in [-0.15, -0.1) is 0 Å². The van der Waals surface area contributed by atoms with E-state index in [4.69, 9.17) is 4.99 Å². The van der Waals surface area contributed by atoms with Crippen molar-refractivity contribution in [1.82, 2.24) is 0 Å². The molecule has 0 N–H and O–H groups in total. The van der Waals surface area contributed by atoms with Crippen LogP contribution < -0.4 is 0 Å². The molecular weight excluding hydrogens is 290 g/mol. The first-order chi connectivity index (χ1) is 11.3. The quantitative estimate of drug-likeness (QED) is 0.601. The van der Waals surface area contributed by atoms with Crippen LogP contribution in [0.1, 0.15) is 57.7 Å². The molecule has 4 rings (SSSR count). The molecule has 1 nitrogen and oxygen atoms in total. The van der Waals surface area contributed by atoms with Crippen molar-refractivity contribution in [1.29, 1.82) is 0 Å². The smallest absolute Gasteiger partial charge is 0.0750 e. The minimum atomic E-state index is 0.0515. The third-order valence-corrected chi connectivity index (χ3v) is 6.18. The monoisotopic (exact) mass is 315 g/mol. The average molecular weight is 315 g/mol. The Labute approximate surface area is 145 Å². The van der Waals surface area contributed by atoms with E-state index in [0.717, 1.165) is 12.1 Å². The Hall–Kier alpha value is -2.15. The summed E-state index contributed by atoms with van der Waals surface area (Å²) in [6, 6.07) is 4.69. The molecule has 0 fully saturated rings. The third kappa shape index (κ3) is 1.90. The number of rotatable bonds is 2. The van der Waals surface area contributed by atoms with Gasteiger partial charge in [-0.1, -0.05) is 37.6 Å². The van der Waals surface area contributed by atoms with Gasteiger partial charge in [0.1, 0.15) is 0 Å². The lowest BCUT2D eigenvalue weighted by atomic mass is 9.74. The molecule has 1 aromatic carbocycles. The Bertz CT molecular complexity index is 927. The fourth-order valence-corrected chi connectivity index (χ4v) is 4.34. The summed E-state index contributed by atoms with van der Waals surface area (Å²) in [5, 5.41) is 0. The predicted molar refractivity (Wildman–Crippen MR) is 104 cm³/mol. The molecule has 122 valence electrons. The van der Waals surface area contributed by atoms with E-state index in [1.165, 1.54) is 50.3 Å². The van der Waals surface area contributed by atoms with Crippen LogP contribution in [0.3, 0.4) is 0 Å². The number of hydrogen-bond acceptors (Lipinski definition) is 1. The molecule has 0 spiro atoms. The highest BCUT2D eigenvalue weighted by atomic mass is 14.8. The second-order valence-electron chi connectivity index (χ2n) is 7.84. The van der Waals surface area contributed by atoms with Gasteiger partial charge in [0.25, 0.3) is 0 Å². The largest absolute Gasteiger partial charge is 0.247 e. The highest BCUT2D eigenvalue weighted by Gasteiger charge is 2.34. The van der Waals surface area contributed by atoms with Crippen molar-refractivity contribution in [2.24, 2.45) is 4.99 Å². The van der Waals surface area contributed by atoms with Gasteiger partial charge in [-0.05, 0) is 74.1 Å². The molecule has 1 aromatic rings. The van der Waals surface area contributed by atoms with E-state index < -0.39 is 0 Å². The summed E-state index contributed by atoms with van der Waals surface area (Å²) in [5.41, 5.74) is 13.4. The minimum absolute atomic E-state index is 0.0515. The minimum Gasteiger partial charge on any atom is -0.247 e. The van der Waals surface area contributed by atoms with Crippen LogP contribution in [-0.4, -0.2) is 5.71 Å². The van der Waals surface area contributed by atoms with E-state index in [1.54, 1.807) is 0 Å². The number of nitrogens with zero attached hydrogens (tertiary/aromatic N) is 1. The third-order valence-electron chi connectivity index (χ3n) is 6.18. The van der Waals surface area contributed by atoms with Crippen molar-refractivity contribution in [2.75, 3.05) is 0 Å². The Morgan fingerprint density at radius 3 is 2.38 bits per heavy atom. The highest BCUT2D eigenvalue weighted by Crippen LogP contribution is 2.48. The standard InChI is InChI=1S/C23H25N/c1-13-11-20-18(21-15(3)14(2)16(4)22(21)24-20)12-19(13)23(5,6)17-9-7-8-10-17/h7-9,11-12H,10H2,1-6H3. The fourth-order valence-electron chi connectivity index (χ4n) is 4.34. The molecule has 0 bridgehead atoms. The van der Waals surface area contributed by atoms with Crippen molar-refractivity contribution in [3.63, 3.8) is 0 Å². The summed E-state index contributed by atoms with van der Waals surface area (Å²) in [6.45, 7) is 13.6. The zero-order valence-corrected chi connectivity index (χ0v) is 15.5. The number of hydrogen-bond donors (Lipinski definition) is 0. The number of aryl methyl sites for hydroxylation is 1. The molecule has 0 saturated heterocycles. The maximum atomic E-state index is 4.95. The van der Waals surface area contributed by atoms with E-state index >= 15 is 0 Å². The fraction of sp³-hybridized carbons (Fsp3) is 0.348. The Kier molecular flexibility index (Phi) is 3.16. The van der Waals surface area contributed by atoms with Gasteiger partial charge in [-0.3, -0.25) is 0 Å². The first kappa shape index (κ1) is 15.4. The molecule has 24 heavy (non-hydrogen) atoms. The van der Waals surface area contributed by atoms with Crippen LogP contribution in [0.5, 0.6) is 0 Å². The molecule has 1 heteroatoms. The van der Waals surface area contributed by atoms with Crippen LogP contribution in [0, 0.1) is 6.92 Å². The molecule has 0 aromatic heterocycles. The molecule has 0 atom stereocenters. The van der Waals surface area contributed by atoms with Crippen LogP contribution >= 0.6 is 0 Å². The number of aliphatic imine (C=N–C) groups is 1. The zero-order valence-electron chi connectivity index (χ0n) is 15.5. The zero-order chi connectivity index (χ0) is 17.2. The summed E-state index contributed by atoms with van der Waals surface area (Å²) < 4.78 is 0. The molecule has 3 aliphatic rings. The van der Waals surface area contributed by atoms with E-state index in [9.17, 15) is 0 Å². The molecule has 0 radical (unpaired) electrons. The Balaban J connectivity index is 1.88. The van der Waals surface area contributed by atoms with Gasteiger partial charge in [0.15, 0.2) is 0 Å². The summed E-state index contributed by atoms with van der Waals surface area (Å²) >= 11 is 0. The molecule has 1 aliphatic heterocycles. The Morgan fingerprint density at radius 2 is 1.71 bits per heavy atom. The van der Waals surface area contributed by atoms with Crippen LogP contribution in [-0.2, 0) is 5.41 Å². The van der Waals surface area contributed by atoms with Crippen molar-refractivity contribution < 1.29 is 0 Å². The van der Waals surface area contributed by atoms with Crippen LogP contribution in [0.2, 0.25) is 0 Å². The maximum Gasteiger partial charge on any atom is 0.0750 e. The summed E-state index contributed by atoms with van der Waals surface area (Å²) in [4.78, 5) is 4.95. The first-order valence-corrected chi connectivity index (χ1v) is 8.82. The number of fused-ring (bicyclic) bond motifs is 3. The molecule has 0 unspecified atom stereocenters.